The van der Waals surface area contributed by atoms with E-state index < -0.39 is 34.9 Å². The Morgan fingerprint density at radius 2 is 1.81 bits per heavy atom. The number of anilines is 1. The van der Waals surface area contributed by atoms with Crippen LogP contribution in [0.1, 0.15) is 24.5 Å². The van der Waals surface area contributed by atoms with E-state index in [9.17, 15) is 22.8 Å². The number of hydrogen-bond donors (Lipinski definition) is 1. The Morgan fingerprint density at radius 1 is 1.15 bits per heavy atom. The number of imide groups is 1. The highest BCUT2D eigenvalue weighted by Crippen LogP contribution is 2.41. The molecule has 3 rings (SSSR count). The molecule has 27 heavy (non-hydrogen) atoms. The van der Waals surface area contributed by atoms with Gasteiger partial charge in [-0.2, -0.15) is 13.2 Å². The fourth-order valence-corrected chi connectivity index (χ4v) is 3.16. The van der Waals surface area contributed by atoms with Crippen molar-refractivity contribution < 1.29 is 22.8 Å². The van der Waals surface area contributed by atoms with Gasteiger partial charge in [0.05, 0.1) is 17.8 Å². The smallest absolute Gasteiger partial charge is 0.319 e. The van der Waals surface area contributed by atoms with Crippen LogP contribution in [0.2, 0.25) is 0 Å². The molecule has 0 aliphatic carbocycles. The zero-order chi connectivity index (χ0) is 19.8. The Hall–Kier alpha value is -3.34. The first-order chi connectivity index (χ1) is 12.7. The topological polar surface area (TPSA) is 53.8 Å². The Balaban J connectivity index is 2.10. The molecule has 0 saturated carbocycles. The second-order valence-corrected chi connectivity index (χ2v) is 6.01. The molecule has 2 aromatic rings. The normalized spacial score (nSPS) is 19.7. The van der Waals surface area contributed by atoms with Crippen molar-refractivity contribution in [2.75, 3.05) is 4.90 Å². The largest absolute Gasteiger partial charge is 0.407 e. The van der Waals surface area contributed by atoms with Gasteiger partial charge in [0, 0.05) is 0 Å². The molecule has 1 saturated heterocycles. The van der Waals surface area contributed by atoms with Gasteiger partial charge in [0.2, 0.25) is 0 Å². The molecule has 0 bridgehead atoms. The molecule has 1 N–H and O–H groups in total. The van der Waals surface area contributed by atoms with Crippen LogP contribution < -0.4 is 10.2 Å². The summed E-state index contributed by atoms with van der Waals surface area (Å²) in [7, 11) is 0. The fourth-order valence-electron chi connectivity index (χ4n) is 3.16. The van der Waals surface area contributed by atoms with Crippen LogP contribution in [-0.2, 0) is 16.5 Å². The summed E-state index contributed by atoms with van der Waals surface area (Å²) in [5, 5.41) is 2.61. The van der Waals surface area contributed by atoms with E-state index in [4.69, 9.17) is 6.57 Å². The number of nitrogens with zero attached hydrogens (tertiary/aromatic N) is 2. The number of urea groups is 1. The summed E-state index contributed by atoms with van der Waals surface area (Å²) in [6.07, 6.45) is -4.55. The number of benzene rings is 2. The lowest BCUT2D eigenvalue weighted by molar-refractivity contribution is -0.136. The van der Waals surface area contributed by atoms with Gasteiger partial charge in [0.1, 0.15) is 5.54 Å². The number of rotatable bonds is 3. The summed E-state index contributed by atoms with van der Waals surface area (Å²) in [5.74, 6) is -0.662. The minimum atomic E-state index is -4.78. The number of hydrogen-bond acceptors (Lipinski definition) is 2. The third-order valence-electron chi connectivity index (χ3n) is 4.55. The summed E-state index contributed by atoms with van der Waals surface area (Å²) < 4.78 is 39.7. The van der Waals surface area contributed by atoms with Crippen molar-refractivity contribution in [1.29, 1.82) is 0 Å². The van der Waals surface area contributed by atoms with Gasteiger partial charge < -0.3 is 5.32 Å². The number of alkyl halides is 3. The van der Waals surface area contributed by atoms with E-state index in [2.05, 4.69) is 10.2 Å². The molecule has 5 nitrogen and oxygen atoms in total. The Morgan fingerprint density at radius 3 is 2.37 bits per heavy atom. The number of carbonyl (C=O) groups is 2. The Labute approximate surface area is 153 Å². The molecule has 0 aromatic heterocycles. The maximum Gasteiger partial charge on any atom is 0.407 e. The van der Waals surface area contributed by atoms with Crippen LogP contribution in [0.4, 0.5) is 29.3 Å². The standard InChI is InChI=1S/C19H14F3N3O2/c1-3-18(12-7-5-4-6-8-12)16(26)25(17(27)24-18)13-9-10-15(23-2)14(11-13)19(20,21)22/h4-11H,3H2,1H3,(H,24,27). The number of halogens is 3. The monoisotopic (exact) mass is 373 g/mol. The van der Waals surface area contributed by atoms with Crippen LogP contribution in [0.5, 0.6) is 0 Å². The molecule has 1 fully saturated rings. The summed E-state index contributed by atoms with van der Waals surface area (Å²) in [6, 6.07) is 10.5. The van der Waals surface area contributed by atoms with E-state index in [1.54, 1.807) is 37.3 Å². The quantitative estimate of drug-likeness (QED) is 0.631. The maximum absolute atomic E-state index is 13.2. The van der Waals surface area contributed by atoms with Gasteiger partial charge >= 0.3 is 12.2 Å². The summed E-state index contributed by atoms with van der Waals surface area (Å²) >= 11 is 0. The molecule has 8 heteroatoms. The van der Waals surface area contributed by atoms with Crippen molar-refractivity contribution in [1.82, 2.24) is 5.32 Å². The average molecular weight is 373 g/mol. The van der Waals surface area contributed by atoms with E-state index in [1.165, 1.54) is 0 Å². The minimum absolute atomic E-state index is 0.227. The molecule has 1 aliphatic heterocycles. The van der Waals surface area contributed by atoms with Crippen LogP contribution in [0, 0.1) is 6.57 Å². The predicted molar refractivity (Wildman–Crippen MR) is 92.1 cm³/mol. The molecule has 2 aromatic carbocycles. The van der Waals surface area contributed by atoms with Crippen molar-refractivity contribution in [3.05, 3.63) is 71.1 Å². The minimum Gasteiger partial charge on any atom is -0.319 e. The van der Waals surface area contributed by atoms with E-state index in [-0.39, 0.29) is 12.1 Å². The second kappa shape index (κ2) is 6.43. The predicted octanol–water partition coefficient (Wildman–Crippen LogP) is 4.62. The highest BCUT2D eigenvalue weighted by atomic mass is 19.4. The van der Waals surface area contributed by atoms with Crippen molar-refractivity contribution in [2.45, 2.75) is 25.1 Å². The molecule has 1 heterocycles. The number of carbonyl (C=O) groups excluding carboxylic acids is 2. The molecular formula is C19H14F3N3O2. The van der Waals surface area contributed by atoms with Crippen molar-refractivity contribution in [2.24, 2.45) is 0 Å². The first kappa shape index (κ1) is 18.5. The van der Waals surface area contributed by atoms with Crippen LogP contribution >= 0.6 is 0 Å². The zero-order valence-electron chi connectivity index (χ0n) is 14.2. The van der Waals surface area contributed by atoms with Crippen molar-refractivity contribution in [3.8, 4) is 0 Å². The van der Waals surface area contributed by atoms with E-state index in [0.29, 0.717) is 16.5 Å². The third kappa shape index (κ3) is 2.91. The third-order valence-corrected chi connectivity index (χ3v) is 4.55. The van der Waals surface area contributed by atoms with Gasteiger partial charge in [-0.15, -0.1) is 0 Å². The van der Waals surface area contributed by atoms with Crippen molar-refractivity contribution >= 4 is 23.3 Å². The second-order valence-electron chi connectivity index (χ2n) is 6.01. The zero-order valence-corrected chi connectivity index (χ0v) is 14.2. The lowest BCUT2D eigenvalue weighted by Gasteiger charge is -2.25. The first-order valence-electron chi connectivity index (χ1n) is 8.05. The van der Waals surface area contributed by atoms with Crippen molar-refractivity contribution in [3.63, 3.8) is 0 Å². The Bertz CT molecular complexity index is 951. The summed E-state index contributed by atoms with van der Waals surface area (Å²) in [4.78, 5) is 29.1. The van der Waals surface area contributed by atoms with Crippen LogP contribution in [-0.4, -0.2) is 11.9 Å². The highest BCUT2D eigenvalue weighted by molar-refractivity contribution is 6.23. The summed E-state index contributed by atoms with van der Waals surface area (Å²) in [5.41, 5.74) is -2.83. The van der Waals surface area contributed by atoms with Gasteiger partial charge in [0.15, 0.2) is 5.69 Å². The molecule has 0 spiro atoms. The van der Waals surface area contributed by atoms with Crippen LogP contribution in [0.15, 0.2) is 48.5 Å². The first-order valence-corrected chi connectivity index (χ1v) is 8.05. The molecule has 138 valence electrons. The van der Waals surface area contributed by atoms with Gasteiger partial charge in [-0.25, -0.2) is 14.5 Å². The van der Waals surface area contributed by atoms with Gasteiger partial charge in [-0.1, -0.05) is 43.3 Å². The summed E-state index contributed by atoms with van der Waals surface area (Å²) in [6.45, 7) is 8.60. The van der Waals surface area contributed by atoms with Gasteiger partial charge in [-0.05, 0) is 24.1 Å². The number of amides is 3. The molecule has 1 unspecified atom stereocenters. The van der Waals surface area contributed by atoms with Gasteiger partial charge in [-0.3, -0.25) is 4.79 Å². The molecule has 1 atom stereocenters. The fraction of sp³-hybridized carbons (Fsp3) is 0.211. The van der Waals surface area contributed by atoms with Crippen LogP contribution in [0.25, 0.3) is 4.85 Å². The van der Waals surface area contributed by atoms with Gasteiger partial charge in [0.25, 0.3) is 5.91 Å². The molecule has 0 radical (unpaired) electrons. The van der Waals surface area contributed by atoms with E-state index in [0.717, 1.165) is 12.1 Å². The van der Waals surface area contributed by atoms with E-state index >= 15 is 0 Å². The molecule has 1 aliphatic rings. The molecule has 3 amide bonds. The maximum atomic E-state index is 13.2. The Kier molecular flexibility index (Phi) is 4.39. The lowest BCUT2D eigenvalue weighted by Crippen LogP contribution is -2.43. The number of nitrogens with one attached hydrogen (secondary N) is 1. The van der Waals surface area contributed by atoms with E-state index in [1.807, 2.05) is 0 Å². The van der Waals surface area contributed by atoms with Crippen LogP contribution in [0.3, 0.4) is 0 Å². The SMILES string of the molecule is [C-]#[N+]c1ccc(N2C(=O)NC(CC)(c3ccccc3)C2=O)cc1C(F)(F)F. The average Bonchev–Trinajstić information content (AvgIpc) is 2.92. The highest BCUT2D eigenvalue weighted by Gasteiger charge is 2.52. The lowest BCUT2D eigenvalue weighted by atomic mass is 9.87. The molecular weight excluding hydrogens is 359 g/mol.